The summed E-state index contributed by atoms with van der Waals surface area (Å²) in [6.45, 7) is 5.41. The number of rotatable bonds is 6. The van der Waals surface area contributed by atoms with Gasteiger partial charge in [0.1, 0.15) is 0 Å². The first-order valence-corrected chi connectivity index (χ1v) is 6.37. The first kappa shape index (κ1) is 13.5. The Morgan fingerprint density at radius 1 is 1.50 bits per heavy atom. The van der Waals surface area contributed by atoms with Gasteiger partial charge in [0.2, 0.25) is 5.91 Å². The summed E-state index contributed by atoms with van der Waals surface area (Å²) < 4.78 is 0. The molecule has 0 aromatic carbocycles. The number of piperidine rings is 1. The van der Waals surface area contributed by atoms with Crippen molar-refractivity contribution in [2.75, 3.05) is 32.8 Å². The Balaban J connectivity index is 2.34. The van der Waals surface area contributed by atoms with Gasteiger partial charge in [-0.1, -0.05) is 6.92 Å². The zero-order valence-corrected chi connectivity index (χ0v) is 10.2. The topological polar surface area (TPSA) is 52.6 Å². The van der Waals surface area contributed by atoms with Crippen LogP contribution in [-0.4, -0.2) is 48.7 Å². The molecule has 1 fully saturated rings. The third-order valence-electron chi connectivity index (χ3n) is 3.08. The van der Waals surface area contributed by atoms with E-state index in [9.17, 15) is 4.79 Å². The minimum absolute atomic E-state index is 0.0641. The highest BCUT2D eigenvalue weighted by atomic mass is 16.3. The van der Waals surface area contributed by atoms with Gasteiger partial charge in [-0.25, -0.2) is 0 Å². The molecule has 2 N–H and O–H groups in total. The quantitative estimate of drug-likeness (QED) is 0.700. The molecule has 0 spiro atoms. The molecule has 1 amide bonds. The van der Waals surface area contributed by atoms with E-state index >= 15 is 0 Å². The van der Waals surface area contributed by atoms with Crippen molar-refractivity contribution in [2.45, 2.75) is 32.6 Å². The smallest absolute Gasteiger partial charge is 0.222 e. The fraction of sp³-hybridized carbons (Fsp3) is 0.917. The monoisotopic (exact) mass is 228 g/mol. The van der Waals surface area contributed by atoms with Gasteiger partial charge >= 0.3 is 0 Å². The number of aliphatic hydroxyl groups is 1. The third-order valence-corrected chi connectivity index (χ3v) is 3.08. The summed E-state index contributed by atoms with van der Waals surface area (Å²) in [5.41, 5.74) is 0. The van der Waals surface area contributed by atoms with Crippen LogP contribution in [-0.2, 0) is 4.79 Å². The molecule has 1 rings (SSSR count). The number of nitrogens with zero attached hydrogens (tertiary/aromatic N) is 1. The molecule has 1 unspecified atom stereocenters. The van der Waals surface area contributed by atoms with Crippen LogP contribution in [0, 0.1) is 5.92 Å². The molecule has 94 valence electrons. The van der Waals surface area contributed by atoms with Crippen molar-refractivity contribution in [3.05, 3.63) is 0 Å². The van der Waals surface area contributed by atoms with E-state index in [1.54, 1.807) is 4.90 Å². The maximum absolute atomic E-state index is 12.0. The van der Waals surface area contributed by atoms with Gasteiger partial charge in [-0.15, -0.1) is 0 Å². The van der Waals surface area contributed by atoms with Crippen LogP contribution in [0.25, 0.3) is 0 Å². The number of carbonyl (C=O) groups excluding carboxylic acids is 1. The van der Waals surface area contributed by atoms with E-state index in [0.717, 1.165) is 32.5 Å². The SMILES string of the molecule is CCCN(CCO)C(=O)CC1CCCNC1. The van der Waals surface area contributed by atoms with Crippen molar-refractivity contribution in [3.8, 4) is 0 Å². The molecule has 0 saturated carbocycles. The second-order valence-electron chi connectivity index (χ2n) is 4.52. The van der Waals surface area contributed by atoms with Crippen LogP contribution in [0.5, 0.6) is 0 Å². The summed E-state index contributed by atoms with van der Waals surface area (Å²) in [5.74, 6) is 0.684. The average Bonchev–Trinajstić information content (AvgIpc) is 2.30. The van der Waals surface area contributed by atoms with E-state index in [4.69, 9.17) is 5.11 Å². The Labute approximate surface area is 98.0 Å². The minimum Gasteiger partial charge on any atom is -0.395 e. The van der Waals surface area contributed by atoms with Crippen LogP contribution in [0.2, 0.25) is 0 Å². The van der Waals surface area contributed by atoms with Gasteiger partial charge in [-0.3, -0.25) is 4.79 Å². The first-order valence-electron chi connectivity index (χ1n) is 6.37. The fourth-order valence-corrected chi connectivity index (χ4v) is 2.23. The van der Waals surface area contributed by atoms with E-state index in [-0.39, 0.29) is 12.5 Å². The normalized spacial score (nSPS) is 20.8. The zero-order chi connectivity index (χ0) is 11.8. The lowest BCUT2D eigenvalue weighted by atomic mass is 9.95. The van der Waals surface area contributed by atoms with Gasteiger partial charge in [0, 0.05) is 19.5 Å². The van der Waals surface area contributed by atoms with Gasteiger partial charge in [0.25, 0.3) is 0 Å². The first-order chi connectivity index (χ1) is 7.77. The van der Waals surface area contributed by atoms with Crippen LogP contribution < -0.4 is 5.32 Å². The Morgan fingerprint density at radius 3 is 2.88 bits per heavy atom. The van der Waals surface area contributed by atoms with Crippen LogP contribution in [0.1, 0.15) is 32.6 Å². The predicted molar refractivity (Wildman–Crippen MR) is 64.2 cm³/mol. The summed E-state index contributed by atoms with van der Waals surface area (Å²) in [6.07, 6.45) is 3.91. The second-order valence-corrected chi connectivity index (χ2v) is 4.52. The van der Waals surface area contributed by atoms with E-state index in [1.807, 2.05) is 0 Å². The van der Waals surface area contributed by atoms with Crippen LogP contribution in [0.4, 0.5) is 0 Å². The second kappa shape index (κ2) is 7.63. The number of amides is 1. The number of hydrogen-bond acceptors (Lipinski definition) is 3. The van der Waals surface area contributed by atoms with Crippen molar-refractivity contribution in [1.82, 2.24) is 10.2 Å². The van der Waals surface area contributed by atoms with Crippen molar-refractivity contribution in [3.63, 3.8) is 0 Å². The maximum atomic E-state index is 12.0. The predicted octanol–water partition coefficient (Wildman–Crippen LogP) is 0.607. The Kier molecular flexibility index (Phi) is 6.42. The molecule has 4 heteroatoms. The number of carbonyl (C=O) groups is 1. The van der Waals surface area contributed by atoms with E-state index < -0.39 is 0 Å². The molecular formula is C12H24N2O2. The van der Waals surface area contributed by atoms with Crippen molar-refractivity contribution in [1.29, 1.82) is 0 Å². The Bertz CT molecular complexity index is 197. The molecule has 0 aromatic rings. The highest BCUT2D eigenvalue weighted by Gasteiger charge is 2.20. The Hall–Kier alpha value is -0.610. The summed E-state index contributed by atoms with van der Waals surface area (Å²) in [6, 6.07) is 0. The third kappa shape index (κ3) is 4.49. The molecule has 0 bridgehead atoms. The van der Waals surface area contributed by atoms with Crippen LogP contribution in [0.15, 0.2) is 0 Å². The summed E-state index contributed by atoms with van der Waals surface area (Å²) in [5, 5.41) is 12.2. The summed E-state index contributed by atoms with van der Waals surface area (Å²) in [4.78, 5) is 13.8. The lowest BCUT2D eigenvalue weighted by molar-refractivity contribution is -0.132. The molecule has 0 aromatic heterocycles. The summed E-state index contributed by atoms with van der Waals surface area (Å²) >= 11 is 0. The number of nitrogens with one attached hydrogen (secondary N) is 1. The molecular weight excluding hydrogens is 204 g/mol. The van der Waals surface area contributed by atoms with Gasteiger partial charge in [-0.05, 0) is 38.3 Å². The van der Waals surface area contributed by atoms with Crippen LogP contribution in [0.3, 0.4) is 0 Å². The molecule has 1 aliphatic rings. The van der Waals surface area contributed by atoms with E-state index in [1.165, 1.54) is 6.42 Å². The lowest BCUT2D eigenvalue weighted by Gasteiger charge is -2.26. The van der Waals surface area contributed by atoms with E-state index in [0.29, 0.717) is 18.9 Å². The van der Waals surface area contributed by atoms with Gasteiger partial charge in [0.05, 0.1) is 6.61 Å². The highest BCUT2D eigenvalue weighted by molar-refractivity contribution is 5.76. The van der Waals surface area contributed by atoms with Gasteiger partial charge in [-0.2, -0.15) is 0 Å². The number of aliphatic hydroxyl groups excluding tert-OH is 1. The Morgan fingerprint density at radius 2 is 2.31 bits per heavy atom. The molecule has 1 atom stereocenters. The molecule has 4 nitrogen and oxygen atoms in total. The number of hydrogen-bond donors (Lipinski definition) is 2. The highest BCUT2D eigenvalue weighted by Crippen LogP contribution is 2.15. The van der Waals surface area contributed by atoms with Crippen molar-refractivity contribution >= 4 is 5.91 Å². The lowest BCUT2D eigenvalue weighted by Crippen LogP contribution is -2.38. The van der Waals surface area contributed by atoms with Gasteiger partial charge in [0.15, 0.2) is 0 Å². The molecule has 16 heavy (non-hydrogen) atoms. The molecule has 1 aliphatic heterocycles. The summed E-state index contributed by atoms with van der Waals surface area (Å²) in [7, 11) is 0. The fourth-order valence-electron chi connectivity index (χ4n) is 2.23. The molecule has 0 radical (unpaired) electrons. The average molecular weight is 228 g/mol. The minimum atomic E-state index is 0.0641. The standard InChI is InChI=1S/C12H24N2O2/c1-2-6-14(7-8-15)12(16)9-11-4-3-5-13-10-11/h11,13,15H,2-10H2,1H3. The van der Waals surface area contributed by atoms with E-state index in [2.05, 4.69) is 12.2 Å². The van der Waals surface area contributed by atoms with Crippen molar-refractivity contribution < 1.29 is 9.90 Å². The molecule has 1 saturated heterocycles. The zero-order valence-electron chi connectivity index (χ0n) is 10.2. The van der Waals surface area contributed by atoms with Gasteiger partial charge < -0.3 is 15.3 Å². The van der Waals surface area contributed by atoms with Crippen molar-refractivity contribution in [2.24, 2.45) is 5.92 Å². The largest absolute Gasteiger partial charge is 0.395 e. The molecule has 0 aliphatic carbocycles. The van der Waals surface area contributed by atoms with Crippen LogP contribution >= 0.6 is 0 Å². The maximum Gasteiger partial charge on any atom is 0.222 e. The molecule has 1 heterocycles.